The summed E-state index contributed by atoms with van der Waals surface area (Å²) in [6.45, 7) is 3.71. The van der Waals surface area contributed by atoms with Gasteiger partial charge in [0.1, 0.15) is 5.75 Å². The van der Waals surface area contributed by atoms with Crippen LogP contribution in [0.1, 0.15) is 49.9 Å². The van der Waals surface area contributed by atoms with Crippen molar-refractivity contribution in [2.24, 2.45) is 0 Å². The number of carboxylic acids is 1. The zero-order valence-electron chi connectivity index (χ0n) is 13.7. The van der Waals surface area contributed by atoms with E-state index < -0.39 is 18.2 Å². The highest BCUT2D eigenvalue weighted by molar-refractivity contribution is 5.94. The number of aliphatic carboxylic acids is 1. The van der Waals surface area contributed by atoms with Gasteiger partial charge in [0.2, 0.25) is 0 Å². The molecule has 0 radical (unpaired) electrons. The number of hydrogen-bond donors (Lipinski definition) is 3. The van der Waals surface area contributed by atoms with Crippen LogP contribution < -0.4 is 10.1 Å². The molecule has 1 amide bonds. The van der Waals surface area contributed by atoms with Gasteiger partial charge >= 0.3 is 5.97 Å². The Hall–Kier alpha value is -2.08. The smallest absolute Gasteiger partial charge is 0.341 e. The molecule has 0 aliphatic heterocycles. The molecule has 0 fully saturated rings. The van der Waals surface area contributed by atoms with Gasteiger partial charge in [0.15, 0.2) is 6.61 Å². The van der Waals surface area contributed by atoms with Crippen LogP contribution in [0.5, 0.6) is 5.75 Å². The maximum absolute atomic E-state index is 12.2. The van der Waals surface area contributed by atoms with Crippen molar-refractivity contribution in [1.29, 1.82) is 0 Å². The van der Waals surface area contributed by atoms with Crippen LogP contribution in [0, 0.1) is 0 Å². The molecule has 1 aromatic rings. The molecule has 0 heterocycles. The van der Waals surface area contributed by atoms with Crippen LogP contribution in [0.2, 0.25) is 0 Å². The number of nitrogens with one attached hydrogen (secondary N) is 1. The van der Waals surface area contributed by atoms with E-state index in [0.717, 1.165) is 12.8 Å². The van der Waals surface area contributed by atoms with Crippen LogP contribution in [-0.4, -0.2) is 40.8 Å². The summed E-state index contributed by atoms with van der Waals surface area (Å²) in [4.78, 5) is 22.7. The highest BCUT2D eigenvalue weighted by atomic mass is 16.5. The van der Waals surface area contributed by atoms with Gasteiger partial charge in [0.25, 0.3) is 5.91 Å². The highest BCUT2D eigenvalue weighted by Gasteiger charge is 2.25. The first-order valence-corrected chi connectivity index (χ1v) is 7.85. The zero-order chi connectivity index (χ0) is 17.3. The minimum atomic E-state index is -1.08. The Morgan fingerprint density at radius 1 is 1.22 bits per heavy atom. The summed E-state index contributed by atoms with van der Waals surface area (Å²) >= 11 is 0. The van der Waals surface area contributed by atoms with Crippen molar-refractivity contribution in [1.82, 2.24) is 5.32 Å². The Morgan fingerprint density at radius 2 is 1.87 bits per heavy atom. The number of hydrogen-bond acceptors (Lipinski definition) is 4. The van der Waals surface area contributed by atoms with Gasteiger partial charge in [-0.25, -0.2) is 4.79 Å². The molecule has 0 spiro atoms. The van der Waals surface area contributed by atoms with Crippen molar-refractivity contribution in [2.75, 3.05) is 13.2 Å². The molecule has 0 saturated carbocycles. The Kier molecular flexibility index (Phi) is 7.54. The van der Waals surface area contributed by atoms with Gasteiger partial charge in [-0.05, 0) is 31.0 Å². The molecule has 1 aromatic carbocycles. The van der Waals surface area contributed by atoms with E-state index in [4.69, 9.17) is 9.84 Å². The number of carboxylic acid groups (broad SMARTS) is 1. The number of carbonyl (C=O) groups excluding carboxylic acids is 1. The molecule has 6 nitrogen and oxygen atoms in total. The van der Waals surface area contributed by atoms with Crippen LogP contribution >= 0.6 is 0 Å². The van der Waals surface area contributed by atoms with E-state index in [1.54, 1.807) is 18.2 Å². The third-order valence-electron chi connectivity index (χ3n) is 3.47. The SMILES string of the molecule is CCCC(O)(CCC)CNC(=O)c1cccc(OCC(=O)O)c1. The average Bonchev–Trinajstić information content (AvgIpc) is 2.51. The molecule has 3 N–H and O–H groups in total. The van der Waals surface area contributed by atoms with E-state index in [1.165, 1.54) is 6.07 Å². The third-order valence-corrected chi connectivity index (χ3v) is 3.47. The summed E-state index contributed by atoms with van der Waals surface area (Å²) in [6, 6.07) is 6.30. The summed E-state index contributed by atoms with van der Waals surface area (Å²) < 4.78 is 5.05. The van der Waals surface area contributed by atoms with Gasteiger partial charge < -0.3 is 20.3 Å². The van der Waals surface area contributed by atoms with Gasteiger partial charge in [0.05, 0.1) is 5.60 Å². The molecule has 0 unspecified atom stereocenters. The largest absolute Gasteiger partial charge is 0.482 e. The van der Waals surface area contributed by atoms with Crippen molar-refractivity contribution in [3.05, 3.63) is 29.8 Å². The molecule has 0 aliphatic carbocycles. The molecule has 1 rings (SSSR count). The fraction of sp³-hybridized carbons (Fsp3) is 0.529. The number of carbonyl (C=O) groups is 2. The molecule has 0 bridgehead atoms. The number of ether oxygens (including phenoxy) is 1. The first-order valence-electron chi connectivity index (χ1n) is 7.85. The predicted molar refractivity (Wildman–Crippen MR) is 86.7 cm³/mol. The van der Waals surface area contributed by atoms with Gasteiger partial charge in [-0.3, -0.25) is 4.79 Å². The highest BCUT2D eigenvalue weighted by Crippen LogP contribution is 2.19. The number of amides is 1. The van der Waals surface area contributed by atoms with Crippen LogP contribution in [-0.2, 0) is 4.79 Å². The monoisotopic (exact) mass is 323 g/mol. The predicted octanol–water partition coefficient (Wildman–Crippen LogP) is 2.21. The number of benzene rings is 1. The Balaban J connectivity index is 2.66. The normalized spacial score (nSPS) is 11.1. The Bertz CT molecular complexity index is 523. The van der Waals surface area contributed by atoms with Crippen molar-refractivity contribution >= 4 is 11.9 Å². The molecular formula is C17H25NO5. The second kappa shape index (κ2) is 9.15. The van der Waals surface area contributed by atoms with Crippen molar-refractivity contribution in [2.45, 2.75) is 45.1 Å². The molecule has 0 aliphatic rings. The lowest BCUT2D eigenvalue weighted by molar-refractivity contribution is -0.139. The molecular weight excluding hydrogens is 298 g/mol. The fourth-order valence-corrected chi connectivity index (χ4v) is 2.45. The quantitative estimate of drug-likeness (QED) is 0.613. The minimum Gasteiger partial charge on any atom is -0.482 e. The molecule has 128 valence electrons. The van der Waals surface area contributed by atoms with Crippen LogP contribution in [0.3, 0.4) is 0 Å². The summed E-state index contributed by atoms with van der Waals surface area (Å²) in [5, 5.41) is 21.8. The van der Waals surface area contributed by atoms with Gasteiger partial charge in [-0.1, -0.05) is 32.8 Å². The van der Waals surface area contributed by atoms with Gasteiger partial charge in [-0.2, -0.15) is 0 Å². The Morgan fingerprint density at radius 3 is 2.43 bits per heavy atom. The first kappa shape index (κ1) is 19.0. The zero-order valence-corrected chi connectivity index (χ0v) is 13.7. The summed E-state index contributed by atoms with van der Waals surface area (Å²) in [5.74, 6) is -1.09. The van der Waals surface area contributed by atoms with E-state index in [1.807, 2.05) is 13.8 Å². The van der Waals surface area contributed by atoms with Gasteiger partial charge in [-0.15, -0.1) is 0 Å². The lowest BCUT2D eigenvalue weighted by Crippen LogP contribution is -2.42. The maximum atomic E-state index is 12.2. The molecule has 23 heavy (non-hydrogen) atoms. The van der Waals surface area contributed by atoms with Gasteiger partial charge in [0, 0.05) is 12.1 Å². The summed E-state index contributed by atoms with van der Waals surface area (Å²) in [6.07, 6.45) is 2.93. The molecule has 6 heteroatoms. The van der Waals surface area contributed by atoms with E-state index in [9.17, 15) is 14.7 Å². The first-order chi connectivity index (χ1) is 10.9. The van der Waals surface area contributed by atoms with E-state index in [2.05, 4.69) is 5.32 Å². The maximum Gasteiger partial charge on any atom is 0.341 e. The summed E-state index contributed by atoms with van der Waals surface area (Å²) in [5.41, 5.74) is -0.528. The lowest BCUT2D eigenvalue weighted by atomic mass is 9.92. The van der Waals surface area contributed by atoms with Crippen molar-refractivity contribution in [3.63, 3.8) is 0 Å². The second-order valence-corrected chi connectivity index (χ2v) is 5.62. The summed E-state index contributed by atoms with van der Waals surface area (Å²) in [7, 11) is 0. The fourth-order valence-electron chi connectivity index (χ4n) is 2.45. The topological polar surface area (TPSA) is 95.9 Å². The van der Waals surface area contributed by atoms with E-state index in [0.29, 0.717) is 24.2 Å². The standard InChI is InChI=1S/C17H25NO5/c1-3-8-17(22,9-4-2)12-18-16(21)13-6-5-7-14(10-13)23-11-15(19)20/h5-7,10,22H,3-4,8-9,11-12H2,1-2H3,(H,18,21)(H,19,20). The van der Waals surface area contributed by atoms with E-state index in [-0.39, 0.29) is 12.5 Å². The van der Waals surface area contributed by atoms with Crippen molar-refractivity contribution in [3.8, 4) is 5.75 Å². The van der Waals surface area contributed by atoms with Crippen LogP contribution in [0.15, 0.2) is 24.3 Å². The van der Waals surface area contributed by atoms with Crippen LogP contribution in [0.25, 0.3) is 0 Å². The minimum absolute atomic E-state index is 0.188. The number of aliphatic hydroxyl groups is 1. The lowest BCUT2D eigenvalue weighted by Gasteiger charge is -2.27. The second-order valence-electron chi connectivity index (χ2n) is 5.62. The average molecular weight is 323 g/mol. The van der Waals surface area contributed by atoms with Crippen molar-refractivity contribution < 1.29 is 24.5 Å². The number of rotatable bonds is 10. The molecule has 0 aromatic heterocycles. The third kappa shape index (κ3) is 6.69. The molecule has 0 atom stereocenters. The molecule has 0 saturated heterocycles. The van der Waals surface area contributed by atoms with E-state index >= 15 is 0 Å². The Labute approximate surface area is 136 Å². The van der Waals surface area contributed by atoms with Crippen LogP contribution in [0.4, 0.5) is 0 Å².